The number of hydrogen-bond donors (Lipinski definition) is 0. The molecule has 0 bridgehead atoms. The van der Waals surface area contributed by atoms with Crippen molar-refractivity contribution in [1.82, 2.24) is 0 Å². The second-order valence-corrected chi connectivity index (χ2v) is 4.07. The summed E-state index contributed by atoms with van der Waals surface area (Å²) in [6, 6.07) is 11.6. The molecule has 0 aliphatic heterocycles. The Labute approximate surface area is 99.8 Å². The van der Waals surface area contributed by atoms with Crippen LogP contribution >= 0.6 is 11.6 Å². The van der Waals surface area contributed by atoms with Gasteiger partial charge in [0.1, 0.15) is 11.5 Å². The van der Waals surface area contributed by atoms with E-state index < -0.39 is 0 Å². The van der Waals surface area contributed by atoms with Crippen LogP contribution in [0.25, 0.3) is 0 Å². The molecule has 1 aromatic carbocycles. The molecule has 0 N–H and O–H groups in total. The largest absolute Gasteiger partial charge is 0.497 e. The molecule has 0 aliphatic rings. The Bertz CT molecular complexity index is 437. The van der Waals surface area contributed by atoms with Crippen LogP contribution in [0, 0.1) is 0 Å². The molecule has 16 heavy (non-hydrogen) atoms. The van der Waals surface area contributed by atoms with E-state index in [4.69, 9.17) is 20.8 Å². The maximum absolute atomic E-state index is 6.24. The summed E-state index contributed by atoms with van der Waals surface area (Å²) in [5.41, 5.74) is 1.13. The second-order valence-electron chi connectivity index (χ2n) is 3.54. The van der Waals surface area contributed by atoms with Gasteiger partial charge in [-0.1, -0.05) is 12.1 Å². The lowest BCUT2D eigenvalue weighted by Gasteiger charge is -2.07. The molecule has 0 amide bonds. The van der Waals surface area contributed by atoms with Crippen LogP contribution in [0.15, 0.2) is 47.1 Å². The summed E-state index contributed by atoms with van der Waals surface area (Å²) in [5.74, 6) is 1.64. The van der Waals surface area contributed by atoms with E-state index in [0.29, 0.717) is 0 Å². The third-order valence-electron chi connectivity index (χ3n) is 2.40. The zero-order valence-electron chi connectivity index (χ0n) is 9.02. The van der Waals surface area contributed by atoms with Crippen LogP contribution in [0.5, 0.6) is 5.75 Å². The molecular formula is C13H13ClO2. The fraction of sp³-hybridized carbons (Fsp3) is 0.231. The van der Waals surface area contributed by atoms with E-state index in [1.165, 1.54) is 0 Å². The summed E-state index contributed by atoms with van der Waals surface area (Å²) in [6.45, 7) is 0. The number of alkyl halides is 1. The van der Waals surface area contributed by atoms with Crippen LogP contribution in [-0.2, 0) is 6.42 Å². The summed E-state index contributed by atoms with van der Waals surface area (Å²) in [5, 5.41) is -0.137. The van der Waals surface area contributed by atoms with Crippen LogP contribution in [0.2, 0.25) is 0 Å². The molecule has 2 rings (SSSR count). The number of halogens is 1. The first-order valence-electron chi connectivity index (χ1n) is 5.10. The topological polar surface area (TPSA) is 22.4 Å². The molecule has 2 aromatic rings. The lowest BCUT2D eigenvalue weighted by molar-refractivity contribution is 0.414. The average molecular weight is 237 g/mol. The molecular weight excluding hydrogens is 224 g/mol. The molecule has 1 heterocycles. The van der Waals surface area contributed by atoms with Crippen molar-refractivity contribution in [1.29, 1.82) is 0 Å². The van der Waals surface area contributed by atoms with Crippen LogP contribution < -0.4 is 4.74 Å². The van der Waals surface area contributed by atoms with Crippen molar-refractivity contribution in [2.45, 2.75) is 11.8 Å². The number of benzene rings is 1. The van der Waals surface area contributed by atoms with Crippen molar-refractivity contribution in [2.24, 2.45) is 0 Å². The number of ether oxygens (including phenoxy) is 1. The van der Waals surface area contributed by atoms with Crippen molar-refractivity contribution in [2.75, 3.05) is 7.11 Å². The van der Waals surface area contributed by atoms with Gasteiger partial charge in [0.2, 0.25) is 0 Å². The first-order valence-corrected chi connectivity index (χ1v) is 5.53. The standard InChI is InChI=1S/C13H13ClO2/c1-15-11-5-2-4-10(8-11)9-12(14)13-6-3-7-16-13/h2-8,12H,9H2,1H3. The van der Waals surface area contributed by atoms with Gasteiger partial charge in [0, 0.05) is 0 Å². The number of rotatable bonds is 4. The molecule has 2 nitrogen and oxygen atoms in total. The van der Waals surface area contributed by atoms with Crippen molar-refractivity contribution < 1.29 is 9.15 Å². The minimum absolute atomic E-state index is 0.137. The molecule has 0 fully saturated rings. The maximum atomic E-state index is 6.24. The molecule has 0 radical (unpaired) electrons. The number of hydrogen-bond acceptors (Lipinski definition) is 2. The third kappa shape index (κ3) is 2.58. The predicted octanol–water partition coefficient (Wildman–Crippen LogP) is 3.81. The van der Waals surface area contributed by atoms with Crippen molar-refractivity contribution in [3.63, 3.8) is 0 Å². The smallest absolute Gasteiger partial charge is 0.121 e. The lowest BCUT2D eigenvalue weighted by atomic mass is 10.1. The summed E-state index contributed by atoms with van der Waals surface area (Å²) >= 11 is 6.24. The highest BCUT2D eigenvalue weighted by atomic mass is 35.5. The van der Waals surface area contributed by atoms with Gasteiger partial charge in [0.15, 0.2) is 0 Å². The van der Waals surface area contributed by atoms with Crippen LogP contribution in [0.1, 0.15) is 16.7 Å². The minimum Gasteiger partial charge on any atom is -0.497 e. The Balaban J connectivity index is 2.08. The minimum atomic E-state index is -0.137. The van der Waals surface area contributed by atoms with E-state index >= 15 is 0 Å². The van der Waals surface area contributed by atoms with E-state index in [-0.39, 0.29) is 5.38 Å². The normalized spacial score (nSPS) is 12.4. The monoisotopic (exact) mass is 236 g/mol. The van der Waals surface area contributed by atoms with E-state index in [1.54, 1.807) is 13.4 Å². The third-order valence-corrected chi connectivity index (χ3v) is 2.77. The van der Waals surface area contributed by atoms with Gasteiger partial charge in [-0.25, -0.2) is 0 Å². The Hall–Kier alpha value is -1.41. The highest BCUT2D eigenvalue weighted by Gasteiger charge is 2.11. The predicted molar refractivity (Wildman–Crippen MR) is 64.0 cm³/mol. The zero-order valence-corrected chi connectivity index (χ0v) is 9.78. The summed E-state index contributed by atoms with van der Waals surface area (Å²) in [6.07, 6.45) is 2.36. The molecule has 1 unspecified atom stereocenters. The quantitative estimate of drug-likeness (QED) is 0.754. The fourth-order valence-corrected chi connectivity index (χ4v) is 1.88. The highest BCUT2D eigenvalue weighted by Crippen LogP contribution is 2.26. The van der Waals surface area contributed by atoms with Gasteiger partial charge in [0.05, 0.1) is 18.8 Å². The number of furan rings is 1. The van der Waals surface area contributed by atoms with E-state index in [1.807, 2.05) is 36.4 Å². The molecule has 3 heteroatoms. The van der Waals surface area contributed by atoms with Crippen molar-refractivity contribution in [3.05, 3.63) is 54.0 Å². The van der Waals surface area contributed by atoms with Crippen LogP contribution in [-0.4, -0.2) is 7.11 Å². The summed E-state index contributed by atoms with van der Waals surface area (Å²) < 4.78 is 10.4. The first-order chi connectivity index (χ1) is 7.79. The van der Waals surface area contributed by atoms with Gasteiger partial charge < -0.3 is 9.15 Å². The highest BCUT2D eigenvalue weighted by molar-refractivity contribution is 6.20. The Morgan fingerprint density at radius 2 is 2.19 bits per heavy atom. The molecule has 84 valence electrons. The van der Waals surface area contributed by atoms with E-state index in [9.17, 15) is 0 Å². The molecule has 0 saturated heterocycles. The fourth-order valence-electron chi connectivity index (χ4n) is 1.58. The Morgan fingerprint density at radius 1 is 1.31 bits per heavy atom. The summed E-state index contributed by atoms with van der Waals surface area (Å²) in [4.78, 5) is 0. The van der Waals surface area contributed by atoms with Gasteiger partial charge in [0.25, 0.3) is 0 Å². The van der Waals surface area contributed by atoms with Gasteiger partial charge in [-0.2, -0.15) is 0 Å². The van der Waals surface area contributed by atoms with Crippen LogP contribution in [0.4, 0.5) is 0 Å². The summed E-state index contributed by atoms with van der Waals surface area (Å²) in [7, 11) is 1.66. The van der Waals surface area contributed by atoms with E-state index in [2.05, 4.69) is 0 Å². The first kappa shape index (κ1) is 11.1. The van der Waals surface area contributed by atoms with Gasteiger partial charge in [-0.05, 0) is 36.2 Å². The Kier molecular flexibility index (Phi) is 3.52. The molecule has 0 spiro atoms. The van der Waals surface area contributed by atoms with Crippen molar-refractivity contribution in [3.8, 4) is 5.75 Å². The van der Waals surface area contributed by atoms with Crippen LogP contribution in [0.3, 0.4) is 0 Å². The molecule has 0 saturated carbocycles. The molecule has 0 aliphatic carbocycles. The average Bonchev–Trinajstić information content (AvgIpc) is 2.83. The van der Waals surface area contributed by atoms with Gasteiger partial charge in [-0.15, -0.1) is 11.6 Å². The number of methoxy groups -OCH3 is 1. The lowest BCUT2D eigenvalue weighted by Crippen LogP contribution is -1.94. The second kappa shape index (κ2) is 5.08. The van der Waals surface area contributed by atoms with Gasteiger partial charge in [-0.3, -0.25) is 0 Å². The van der Waals surface area contributed by atoms with E-state index in [0.717, 1.165) is 23.5 Å². The molecule has 1 atom stereocenters. The van der Waals surface area contributed by atoms with Crippen molar-refractivity contribution >= 4 is 11.6 Å². The maximum Gasteiger partial charge on any atom is 0.121 e. The zero-order chi connectivity index (χ0) is 11.4. The SMILES string of the molecule is COc1cccc(CC(Cl)c2ccco2)c1. The Morgan fingerprint density at radius 3 is 2.88 bits per heavy atom. The van der Waals surface area contributed by atoms with Gasteiger partial charge >= 0.3 is 0 Å². The molecule has 1 aromatic heterocycles.